The van der Waals surface area contributed by atoms with Gasteiger partial charge < -0.3 is 38.9 Å². The van der Waals surface area contributed by atoms with Gasteiger partial charge in [0.1, 0.15) is 17.3 Å². The highest BCUT2D eigenvalue weighted by Gasteiger charge is 2.59. The van der Waals surface area contributed by atoms with E-state index >= 15 is 0 Å². The summed E-state index contributed by atoms with van der Waals surface area (Å²) in [6, 6.07) is 7.58. The van der Waals surface area contributed by atoms with E-state index in [1.807, 2.05) is 19.1 Å². The van der Waals surface area contributed by atoms with Crippen LogP contribution < -0.4 is 14.8 Å². The highest BCUT2D eigenvalue weighted by Crippen LogP contribution is 2.55. The van der Waals surface area contributed by atoms with Crippen LogP contribution in [-0.4, -0.2) is 76.8 Å². The van der Waals surface area contributed by atoms with E-state index in [0.717, 1.165) is 43.5 Å². The zero-order valence-electron chi connectivity index (χ0n) is 26.5. The zero-order valence-corrected chi connectivity index (χ0v) is 26.5. The van der Waals surface area contributed by atoms with Gasteiger partial charge in [-0.05, 0) is 107 Å². The van der Waals surface area contributed by atoms with Gasteiger partial charge in [-0.25, -0.2) is 4.79 Å². The number of rotatable bonds is 11. The van der Waals surface area contributed by atoms with Crippen LogP contribution in [0.4, 0.5) is 0 Å². The standard InChI is InChI=1S/C34H44N2O9/c1-21-7-8-23(44-21)19-35-28(37)18-34(40,12-5-10-32(2,3)39)31(38)45-30-27(41-4)17-33-11-6-13-36(33)14-9-22-15-25-26(43-20-42-25)16-24(22)29(30)33/h7-8,15-17,29-30,39-40H,5-6,9-14,18-20H2,1-4H3,(H,35,37)/t29-,30-,33?,34-/m1/s1. The Morgan fingerprint density at radius 1 is 1.13 bits per heavy atom. The van der Waals surface area contributed by atoms with Crippen LogP contribution in [0.3, 0.4) is 0 Å². The van der Waals surface area contributed by atoms with Crippen LogP contribution >= 0.6 is 0 Å². The maximum absolute atomic E-state index is 14.1. The molecule has 244 valence electrons. The third kappa shape index (κ3) is 6.17. The van der Waals surface area contributed by atoms with Crippen LogP contribution in [0.5, 0.6) is 11.5 Å². The minimum absolute atomic E-state index is 0.0704. The smallest absolute Gasteiger partial charge is 0.339 e. The lowest BCUT2D eigenvalue weighted by Gasteiger charge is -2.39. The van der Waals surface area contributed by atoms with Gasteiger partial charge in [-0.1, -0.05) is 0 Å². The number of nitrogens with one attached hydrogen (secondary N) is 1. The molecule has 11 heteroatoms. The fourth-order valence-electron chi connectivity index (χ4n) is 7.49. The largest absolute Gasteiger partial charge is 0.497 e. The van der Waals surface area contributed by atoms with Crippen molar-refractivity contribution in [2.24, 2.45) is 0 Å². The molecule has 0 saturated carbocycles. The van der Waals surface area contributed by atoms with Gasteiger partial charge >= 0.3 is 5.97 Å². The molecular weight excluding hydrogens is 580 g/mol. The van der Waals surface area contributed by atoms with Gasteiger partial charge in [0.2, 0.25) is 12.7 Å². The van der Waals surface area contributed by atoms with Gasteiger partial charge in [0.15, 0.2) is 23.2 Å². The van der Waals surface area contributed by atoms with Gasteiger partial charge in [-0.2, -0.15) is 0 Å². The molecule has 45 heavy (non-hydrogen) atoms. The summed E-state index contributed by atoms with van der Waals surface area (Å²) in [6.07, 6.45) is 3.94. The molecular formula is C34H44N2O9. The quantitative estimate of drug-likeness (QED) is 0.318. The maximum Gasteiger partial charge on any atom is 0.339 e. The molecule has 0 radical (unpaired) electrons. The molecule has 0 bridgehead atoms. The molecule has 3 N–H and O–H groups in total. The average molecular weight is 625 g/mol. The van der Waals surface area contributed by atoms with Gasteiger partial charge in [0, 0.05) is 6.54 Å². The number of aliphatic hydroxyl groups is 2. The Kier molecular flexibility index (Phi) is 8.38. The normalized spacial score (nSPS) is 25.0. The fourth-order valence-corrected chi connectivity index (χ4v) is 7.49. The van der Waals surface area contributed by atoms with E-state index in [9.17, 15) is 19.8 Å². The van der Waals surface area contributed by atoms with E-state index in [-0.39, 0.29) is 25.7 Å². The first kappa shape index (κ1) is 31.4. The Bertz CT molecular complexity index is 1480. The predicted molar refractivity (Wildman–Crippen MR) is 163 cm³/mol. The number of aryl methyl sites for hydroxylation is 1. The molecule has 1 aromatic carbocycles. The van der Waals surface area contributed by atoms with E-state index in [2.05, 4.69) is 16.3 Å². The second-order valence-electron chi connectivity index (χ2n) is 13.5. The summed E-state index contributed by atoms with van der Waals surface area (Å²) in [4.78, 5) is 29.7. The summed E-state index contributed by atoms with van der Waals surface area (Å²) in [7, 11) is 1.56. The number of methoxy groups -OCH3 is 1. The number of nitrogens with zero attached hydrogens (tertiary/aromatic N) is 1. The van der Waals surface area contributed by atoms with Crippen LogP contribution in [-0.2, 0) is 32.0 Å². The van der Waals surface area contributed by atoms with Crippen LogP contribution in [0, 0.1) is 6.92 Å². The number of amides is 1. The number of hydrogen-bond donors (Lipinski definition) is 3. The monoisotopic (exact) mass is 624 g/mol. The topological polar surface area (TPSA) is 140 Å². The minimum Gasteiger partial charge on any atom is -0.497 e. The average Bonchev–Trinajstić information content (AvgIpc) is 3.75. The number of ether oxygens (including phenoxy) is 4. The number of furan rings is 1. The van der Waals surface area contributed by atoms with Crippen LogP contribution in [0.2, 0.25) is 0 Å². The van der Waals surface area contributed by atoms with Crippen molar-refractivity contribution in [3.8, 4) is 11.5 Å². The molecule has 2 aromatic rings. The summed E-state index contributed by atoms with van der Waals surface area (Å²) < 4.78 is 29.1. The summed E-state index contributed by atoms with van der Waals surface area (Å²) in [5.74, 6) is 1.41. The first-order chi connectivity index (χ1) is 21.4. The Hall–Kier alpha value is -3.54. The molecule has 1 unspecified atom stereocenters. The molecule has 3 aliphatic heterocycles. The Labute approximate surface area is 263 Å². The van der Waals surface area contributed by atoms with E-state index < -0.39 is 41.1 Å². The number of fused-ring (bicyclic) bond motifs is 3. The van der Waals surface area contributed by atoms with Crippen molar-refractivity contribution in [2.75, 3.05) is 27.0 Å². The van der Waals surface area contributed by atoms with Crippen molar-refractivity contribution < 1.29 is 43.2 Å². The van der Waals surface area contributed by atoms with Crippen molar-refractivity contribution in [1.82, 2.24) is 10.2 Å². The Morgan fingerprint density at radius 3 is 2.62 bits per heavy atom. The molecule has 1 aromatic heterocycles. The summed E-state index contributed by atoms with van der Waals surface area (Å²) >= 11 is 0. The van der Waals surface area contributed by atoms with Crippen molar-refractivity contribution in [1.29, 1.82) is 0 Å². The third-order valence-corrected chi connectivity index (χ3v) is 9.67. The summed E-state index contributed by atoms with van der Waals surface area (Å²) in [5.41, 5.74) is -1.48. The predicted octanol–water partition coefficient (Wildman–Crippen LogP) is 3.63. The summed E-state index contributed by atoms with van der Waals surface area (Å²) in [5, 5.41) is 24.9. The first-order valence-corrected chi connectivity index (χ1v) is 15.8. The highest BCUT2D eigenvalue weighted by molar-refractivity contribution is 5.88. The lowest BCUT2D eigenvalue weighted by Crippen LogP contribution is -2.50. The Balaban J connectivity index is 1.29. The molecule has 6 rings (SSSR count). The zero-order chi connectivity index (χ0) is 32.0. The summed E-state index contributed by atoms with van der Waals surface area (Å²) in [6.45, 7) is 7.14. The van der Waals surface area contributed by atoms with Gasteiger partial charge in [-0.3, -0.25) is 9.69 Å². The van der Waals surface area contributed by atoms with Crippen molar-refractivity contribution in [3.05, 3.63) is 58.7 Å². The maximum atomic E-state index is 14.1. The molecule has 11 nitrogen and oxygen atoms in total. The number of hydrogen-bond acceptors (Lipinski definition) is 10. The number of benzene rings is 1. The van der Waals surface area contributed by atoms with Crippen molar-refractivity contribution >= 4 is 11.9 Å². The number of esters is 1. The van der Waals surface area contributed by atoms with Gasteiger partial charge in [0.05, 0.1) is 37.1 Å². The third-order valence-electron chi connectivity index (χ3n) is 9.67. The van der Waals surface area contributed by atoms with E-state index in [4.69, 9.17) is 23.4 Å². The van der Waals surface area contributed by atoms with Crippen molar-refractivity contribution in [2.45, 2.75) is 101 Å². The molecule has 1 fully saturated rings. The molecule has 1 spiro atoms. The SMILES string of the molecule is COC1=CC23CCCN2CCc2cc4c(cc2[C@@H]3[C@@H]1OC(=O)[C@@](O)(CCCC(C)(C)O)CC(=O)NCc1ccc(C)o1)OCO4. The number of carbonyl (C=O) groups excluding carboxylic acids is 2. The lowest BCUT2D eigenvalue weighted by atomic mass is 9.77. The second kappa shape index (κ2) is 12.0. The lowest BCUT2D eigenvalue weighted by molar-refractivity contribution is -0.176. The number of carbonyl (C=O) groups is 2. The van der Waals surface area contributed by atoms with E-state index in [0.29, 0.717) is 41.6 Å². The molecule has 1 aliphatic carbocycles. The minimum atomic E-state index is -2.14. The van der Waals surface area contributed by atoms with Crippen LogP contribution in [0.1, 0.15) is 80.9 Å². The van der Waals surface area contributed by atoms with Crippen LogP contribution in [0.15, 0.2) is 40.5 Å². The highest BCUT2D eigenvalue weighted by atomic mass is 16.7. The van der Waals surface area contributed by atoms with Crippen LogP contribution in [0.25, 0.3) is 0 Å². The molecule has 4 heterocycles. The van der Waals surface area contributed by atoms with E-state index in [1.54, 1.807) is 33.1 Å². The first-order valence-electron chi connectivity index (χ1n) is 15.8. The fraction of sp³-hybridized carbons (Fsp3) is 0.588. The molecule has 4 aliphatic rings. The molecule has 1 saturated heterocycles. The molecule has 1 amide bonds. The second-order valence-corrected chi connectivity index (χ2v) is 13.5. The van der Waals surface area contributed by atoms with E-state index in [1.165, 1.54) is 0 Å². The molecule has 4 atom stereocenters. The van der Waals surface area contributed by atoms with Crippen molar-refractivity contribution in [3.63, 3.8) is 0 Å². The van der Waals surface area contributed by atoms with Gasteiger partial charge in [0.25, 0.3) is 0 Å². The van der Waals surface area contributed by atoms with Gasteiger partial charge in [-0.15, -0.1) is 0 Å². The Morgan fingerprint density at radius 2 is 1.91 bits per heavy atom.